The van der Waals surface area contributed by atoms with Crippen molar-refractivity contribution in [3.63, 3.8) is 0 Å². The van der Waals surface area contributed by atoms with Crippen molar-refractivity contribution in [1.29, 1.82) is 5.26 Å². The number of nitriles is 1. The van der Waals surface area contributed by atoms with Crippen molar-refractivity contribution in [3.05, 3.63) is 108 Å². The largest absolute Gasteiger partial charge is 0.453 e. The molecular weight excluding hydrogens is 478 g/mol. The Morgan fingerprint density at radius 3 is 2.26 bits per heavy atom. The molecule has 0 radical (unpaired) electrons. The van der Waals surface area contributed by atoms with Gasteiger partial charge < -0.3 is 8.98 Å². The van der Waals surface area contributed by atoms with Crippen LogP contribution in [0.5, 0.6) is 0 Å². The third kappa shape index (κ3) is 3.62. The van der Waals surface area contributed by atoms with Gasteiger partial charge in [-0.15, -0.1) is 0 Å². The lowest BCUT2D eigenvalue weighted by molar-refractivity contribution is 0.412. The third-order valence-corrected chi connectivity index (χ3v) is 6.59. The molecule has 0 aliphatic rings. The van der Waals surface area contributed by atoms with E-state index in [1.165, 1.54) is 10.6 Å². The molecule has 7 rings (SSSR count). The summed E-state index contributed by atoms with van der Waals surface area (Å²) in [4.78, 5) is 4.50. The number of fused-ring (bicyclic) bond motifs is 6. The molecule has 0 spiro atoms. The average molecular weight is 516 g/mol. The summed E-state index contributed by atoms with van der Waals surface area (Å²) in [6.45, 7) is 5.35. The lowest BCUT2D eigenvalue weighted by Gasteiger charge is -2.19. The van der Waals surface area contributed by atoms with Crippen molar-refractivity contribution in [2.75, 3.05) is 0 Å². The van der Waals surface area contributed by atoms with Gasteiger partial charge in [0.25, 0.3) is 0 Å². The van der Waals surface area contributed by atoms with E-state index in [-0.39, 0.29) is 44.2 Å². The first-order valence-corrected chi connectivity index (χ1v) is 12.4. The van der Waals surface area contributed by atoms with Gasteiger partial charge in [-0.2, -0.15) is 5.26 Å². The Kier molecular flexibility index (Phi) is 3.28. The Morgan fingerprint density at radius 1 is 0.897 bits per heavy atom. The molecule has 0 unspecified atom stereocenters. The van der Waals surface area contributed by atoms with Crippen LogP contribution in [-0.2, 0) is 6.37 Å². The van der Waals surface area contributed by atoms with E-state index in [9.17, 15) is 8.00 Å². The first kappa shape index (κ1) is 14.9. The second-order valence-corrected chi connectivity index (χ2v) is 10.3. The van der Waals surface area contributed by atoms with Gasteiger partial charge in [-0.1, -0.05) is 69.2 Å². The summed E-state index contributed by atoms with van der Waals surface area (Å²) >= 11 is 0. The van der Waals surface area contributed by atoms with Crippen molar-refractivity contribution in [2.45, 2.75) is 27.1 Å². The van der Waals surface area contributed by atoms with Gasteiger partial charge in [0.1, 0.15) is 17.3 Å². The topological polar surface area (TPSA) is 54.8 Å². The van der Waals surface area contributed by atoms with Crippen LogP contribution in [0, 0.1) is 16.7 Å². The van der Waals surface area contributed by atoms with Crippen molar-refractivity contribution < 1.29 is 18.1 Å². The number of nitrogens with zero attached hydrogens (tertiary/aromatic N) is 3. The van der Waals surface area contributed by atoms with Gasteiger partial charge in [0, 0.05) is 36.0 Å². The molecule has 0 N–H and O–H groups in total. The molecule has 0 amide bonds. The number of hydrogen-bond acceptors (Lipinski definition) is 3. The molecule has 0 fully saturated rings. The number of aromatic nitrogens is 2. The van der Waals surface area contributed by atoms with E-state index < -0.39 is 60.1 Å². The second kappa shape index (κ2) is 8.58. The lowest BCUT2D eigenvalue weighted by atomic mass is 9.85. The van der Waals surface area contributed by atoms with Gasteiger partial charge in [0.2, 0.25) is 0 Å². The quantitative estimate of drug-likeness (QED) is 0.236. The van der Waals surface area contributed by atoms with Crippen LogP contribution in [-0.4, -0.2) is 9.55 Å². The molecular formula is C35H27N3O. The summed E-state index contributed by atoms with van der Waals surface area (Å²) in [5.74, 6) is 0. The fourth-order valence-electron chi connectivity index (χ4n) is 5.12. The molecule has 3 heterocycles. The highest BCUT2D eigenvalue weighted by atomic mass is 16.3. The van der Waals surface area contributed by atoms with E-state index in [1.54, 1.807) is 63.4 Å². The number of furan rings is 1. The van der Waals surface area contributed by atoms with Crippen LogP contribution in [0.4, 0.5) is 0 Å². The number of rotatable bonds is 3. The Morgan fingerprint density at radius 2 is 1.62 bits per heavy atom. The molecule has 188 valence electrons. The van der Waals surface area contributed by atoms with Crippen LogP contribution in [0.3, 0.4) is 0 Å². The molecule has 0 bridgehead atoms. The number of benzene rings is 4. The van der Waals surface area contributed by atoms with E-state index in [4.69, 9.17) is 15.4 Å². The van der Waals surface area contributed by atoms with Crippen molar-refractivity contribution >= 4 is 43.7 Å². The van der Waals surface area contributed by atoms with Crippen LogP contribution in [0.2, 0.25) is 0 Å². The van der Waals surface area contributed by atoms with E-state index in [0.29, 0.717) is 27.6 Å². The number of para-hydroxylation sites is 2. The van der Waals surface area contributed by atoms with Crippen LogP contribution in [0.15, 0.2) is 101 Å². The van der Waals surface area contributed by atoms with E-state index in [0.717, 1.165) is 0 Å². The molecule has 0 saturated heterocycles. The van der Waals surface area contributed by atoms with E-state index >= 15 is 0 Å². The van der Waals surface area contributed by atoms with E-state index in [1.807, 2.05) is 0 Å². The molecule has 0 atom stereocenters. The zero-order chi connectivity index (χ0) is 35.5. The highest BCUT2D eigenvalue weighted by Gasteiger charge is 2.25. The summed E-state index contributed by atoms with van der Waals surface area (Å²) < 4.78 is 95.8. The molecule has 4 heteroatoms. The van der Waals surface area contributed by atoms with E-state index in [2.05, 4.69) is 11.1 Å². The zero-order valence-corrected chi connectivity index (χ0v) is 21.4. The Labute approximate surface area is 240 Å². The molecule has 0 aliphatic heterocycles. The van der Waals surface area contributed by atoms with Gasteiger partial charge in [0.05, 0.1) is 33.3 Å². The standard InChI is InChI=1S/C35H27N3O/c1-35(2,3)20-22-15-17-26(28-12-8-9-19-37-28)33-31(22)27-18-16-23(21-36)32(34(27)39-33)38-29-13-6-4-10-24(29)25-11-5-7-14-30(25)38/h4-19H,20H2,1-3H3/i4D,5D,6D,7D,10D,11D,13D,14D,20D2. The maximum absolute atomic E-state index is 10.5. The zero-order valence-electron chi connectivity index (χ0n) is 31.4. The predicted octanol–water partition coefficient (Wildman–Crippen LogP) is 9.21. The Hall–Kier alpha value is -4.88. The summed E-state index contributed by atoms with van der Waals surface area (Å²) in [6.07, 6.45) is -0.284. The van der Waals surface area contributed by atoms with Crippen LogP contribution >= 0.6 is 0 Å². The van der Waals surface area contributed by atoms with Gasteiger partial charge in [-0.25, -0.2) is 0 Å². The second-order valence-electron chi connectivity index (χ2n) is 10.3. The first-order valence-electron chi connectivity index (χ1n) is 17.4. The minimum atomic E-state index is -1.90. The highest BCUT2D eigenvalue weighted by Crippen LogP contribution is 2.43. The van der Waals surface area contributed by atoms with Gasteiger partial charge in [0.15, 0.2) is 5.58 Å². The molecule has 0 aliphatic carbocycles. The first-order chi connectivity index (χ1) is 23.0. The summed E-state index contributed by atoms with van der Waals surface area (Å²) in [6, 6.07) is 9.63. The third-order valence-electron chi connectivity index (χ3n) is 6.59. The molecule has 0 saturated carbocycles. The van der Waals surface area contributed by atoms with Crippen molar-refractivity contribution in [3.8, 4) is 23.0 Å². The van der Waals surface area contributed by atoms with Crippen LogP contribution in [0.1, 0.15) is 45.6 Å². The van der Waals surface area contributed by atoms with Gasteiger partial charge >= 0.3 is 0 Å². The fraction of sp³-hybridized carbons (Fsp3) is 0.143. The maximum atomic E-state index is 10.5. The summed E-state index contributed by atoms with van der Waals surface area (Å²) in [5, 5.41) is 11.0. The van der Waals surface area contributed by atoms with Gasteiger partial charge in [-0.3, -0.25) is 4.98 Å². The van der Waals surface area contributed by atoms with Gasteiger partial charge in [-0.05, 0) is 59.8 Å². The Bertz CT molecular complexity index is 2540. The molecule has 7 aromatic rings. The predicted molar refractivity (Wildman–Crippen MR) is 159 cm³/mol. The maximum Gasteiger partial charge on any atom is 0.160 e. The summed E-state index contributed by atoms with van der Waals surface area (Å²) in [5.41, 5.74) is 0.500. The smallest absolute Gasteiger partial charge is 0.160 e. The highest BCUT2D eigenvalue weighted by molar-refractivity contribution is 6.15. The van der Waals surface area contributed by atoms with Crippen LogP contribution in [0.25, 0.3) is 60.7 Å². The number of pyridine rings is 1. The van der Waals surface area contributed by atoms with Crippen molar-refractivity contribution in [1.82, 2.24) is 9.55 Å². The minimum absolute atomic E-state index is 0.00931. The molecule has 4 nitrogen and oxygen atoms in total. The minimum Gasteiger partial charge on any atom is -0.453 e. The molecule has 39 heavy (non-hydrogen) atoms. The molecule has 3 aromatic heterocycles. The monoisotopic (exact) mass is 515 g/mol. The summed E-state index contributed by atoms with van der Waals surface area (Å²) in [7, 11) is 0. The SMILES string of the molecule is [2H]c1c([2H])c([2H])c2c(c1[2H])c1c([2H])c([2H])c([2H])c([2H])c1n2-c1c(C#N)ccc2c1oc1c(-c3ccccn3)ccc(C([2H])([2H])C(C)(C)C)c12. The van der Waals surface area contributed by atoms with Crippen molar-refractivity contribution in [2.24, 2.45) is 5.41 Å². The normalized spacial score (nSPS) is 16.1. The average Bonchev–Trinajstić information content (AvgIpc) is 3.64. The molecule has 4 aromatic carbocycles. The Balaban J connectivity index is 1.79. The fourth-order valence-corrected chi connectivity index (χ4v) is 5.12. The lowest BCUT2D eigenvalue weighted by Crippen LogP contribution is -2.09. The number of hydrogen-bond donors (Lipinski definition) is 0. The van der Waals surface area contributed by atoms with Crippen LogP contribution < -0.4 is 0 Å².